The van der Waals surface area contributed by atoms with Crippen LogP contribution in [0.2, 0.25) is 0 Å². The smallest absolute Gasteiger partial charge is 0.253 e. The van der Waals surface area contributed by atoms with Crippen molar-refractivity contribution < 1.29 is 9.59 Å². The Labute approximate surface area is 183 Å². The molecular formula is C26H29N3O2. The van der Waals surface area contributed by atoms with Crippen molar-refractivity contribution >= 4 is 22.7 Å². The molecule has 0 unspecified atom stereocenters. The van der Waals surface area contributed by atoms with Crippen LogP contribution in [0, 0.1) is 11.8 Å². The molecule has 5 rings (SSSR count). The van der Waals surface area contributed by atoms with Crippen molar-refractivity contribution in [1.29, 1.82) is 0 Å². The maximum atomic E-state index is 13.2. The summed E-state index contributed by atoms with van der Waals surface area (Å²) in [6.45, 7) is 5.05. The molecule has 1 saturated heterocycles. The lowest BCUT2D eigenvalue weighted by molar-refractivity contribution is -0.131. The first-order chi connectivity index (χ1) is 15.1. The van der Waals surface area contributed by atoms with Crippen molar-refractivity contribution in [3.63, 3.8) is 0 Å². The molecular weight excluding hydrogens is 386 g/mol. The number of benzene rings is 2. The monoisotopic (exact) mass is 415 g/mol. The van der Waals surface area contributed by atoms with Crippen molar-refractivity contribution in [2.75, 3.05) is 26.2 Å². The summed E-state index contributed by atoms with van der Waals surface area (Å²) in [6.07, 6.45) is 5.04. The summed E-state index contributed by atoms with van der Waals surface area (Å²) in [4.78, 5) is 32.7. The van der Waals surface area contributed by atoms with Crippen LogP contribution in [0.1, 0.15) is 36.5 Å². The van der Waals surface area contributed by atoms with Crippen molar-refractivity contribution in [1.82, 2.24) is 14.8 Å². The van der Waals surface area contributed by atoms with E-state index < -0.39 is 0 Å². The lowest BCUT2D eigenvalue weighted by Crippen LogP contribution is -2.37. The molecule has 2 fully saturated rings. The Bertz CT molecular complexity index is 1100. The number of H-pyrrole nitrogens is 1. The molecule has 160 valence electrons. The van der Waals surface area contributed by atoms with Gasteiger partial charge in [-0.25, -0.2) is 0 Å². The van der Waals surface area contributed by atoms with Crippen LogP contribution in [0.15, 0.2) is 54.7 Å². The molecule has 1 aromatic heterocycles. The van der Waals surface area contributed by atoms with E-state index in [0.29, 0.717) is 24.9 Å². The van der Waals surface area contributed by atoms with E-state index in [4.69, 9.17) is 0 Å². The summed E-state index contributed by atoms with van der Waals surface area (Å²) >= 11 is 0. The molecule has 5 nitrogen and oxygen atoms in total. The third-order valence-corrected chi connectivity index (χ3v) is 6.71. The zero-order valence-electron chi connectivity index (χ0n) is 18.0. The molecule has 0 radical (unpaired) electrons. The Morgan fingerprint density at radius 1 is 1.06 bits per heavy atom. The Hall–Kier alpha value is -3.08. The first-order valence-electron chi connectivity index (χ1n) is 11.4. The lowest BCUT2D eigenvalue weighted by atomic mass is 10.00. The van der Waals surface area contributed by atoms with E-state index >= 15 is 0 Å². The summed E-state index contributed by atoms with van der Waals surface area (Å²) < 4.78 is 0. The molecule has 5 heteroatoms. The molecule has 2 heterocycles. The molecule has 31 heavy (non-hydrogen) atoms. The van der Waals surface area contributed by atoms with Crippen LogP contribution >= 0.6 is 0 Å². The van der Waals surface area contributed by atoms with E-state index in [1.54, 1.807) is 0 Å². The first kappa shape index (κ1) is 19.9. The second-order valence-electron chi connectivity index (χ2n) is 8.88. The highest BCUT2D eigenvalue weighted by atomic mass is 16.2. The minimum Gasteiger partial charge on any atom is -0.361 e. The number of aromatic amines is 1. The number of hydrogen-bond acceptors (Lipinski definition) is 2. The Morgan fingerprint density at radius 3 is 2.61 bits per heavy atom. The standard InChI is InChI=1S/C26H29N3O2/c1-2-28(16-18-13-15-29(17-18)26(31)21-10-11-21)25(30)20-8-6-19(7-9-20)22-4-3-5-24-23(22)12-14-27-24/h3-9,12,14,18,21,27H,2,10-11,13,15-17H2,1H3/t18-/m0/s1. The zero-order valence-corrected chi connectivity index (χ0v) is 18.0. The third kappa shape index (κ3) is 3.97. The number of carbonyl (C=O) groups excluding carboxylic acids is 2. The van der Waals surface area contributed by atoms with Crippen LogP contribution in [0.25, 0.3) is 22.0 Å². The van der Waals surface area contributed by atoms with E-state index in [1.165, 1.54) is 5.39 Å². The predicted molar refractivity (Wildman–Crippen MR) is 123 cm³/mol. The minimum atomic E-state index is 0.0703. The van der Waals surface area contributed by atoms with Crippen LogP contribution in [-0.4, -0.2) is 52.8 Å². The van der Waals surface area contributed by atoms with Crippen molar-refractivity contribution in [3.05, 3.63) is 60.3 Å². The number of nitrogens with zero attached hydrogens (tertiary/aromatic N) is 2. The summed E-state index contributed by atoms with van der Waals surface area (Å²) in [5.41, 5.74) is 4.10. The average molecular weight is 416 g/mol. The first-order valence-corrected chi connectivity index (χ1v) is 11.4. The maximum absolute atomic E-state index is 13.2. The van der Waals surface area contributed by atoms with Gasteiger partial charge >= 0.3 is 0 Å². The van der Waals surface area contributed by atoms with Gasteiger partial charge in [-0.2, -0.15) is 0 Å². The largest absolute Gasteiger partial charge is 0.361 e. The number of carbonyl (C=O) groups is 2. The van der Waals surface area contributed by atoms with Gasteiger partial charge < -0.3 is 14.8 Å². The molecule has 0 bridgehead atoms. The van der Waals surface area contributed by atoms with Gasteiger partial charge in [0.15, 0.2) is 0 Å². The normalized spacial score (nSPS) is 18.5. The molecule has 1 aliphatic carbocycles. The molecule has 1 aliphatic heterocycles. The van der Waals surface area contributed by atoms with Gasteiger partial charge in [0, 0.05) is 54.8 Å². The fraction of sp³-hybridized carbons (Fsp3) is 0.385. The van der Waals surface area contributed by atoms with Gasteiger partial charge in [0.25, 0.3) is 5.91 Å². The molecule has 2 aliphatic rings. The highest BCUT2D eigenvalue weighted by Gasteiger charge is 2.37. The van der Waals surface area contributed by atoms with Crippen molar-refractivity contribution in [3.8, 4) is 11.1 Å². The molecule has 1 atom stereocenters. The number of amides is 2. The van der Waals surface area contributed by atoms with E-state index in [9.17, 15) is 9.59 Å². The number of nitrogens with one attached hydrogen (secondary N) is 1. The molecule has 0 spiro atoms. The van der Waals surface area contributed by atoms with Crippen LogP contribution in [0.3, 0.4) is 0 Å². The molecule has 2 aromatic carbocycles. The molecule has 3 aromatic rings. The van der Waals surface area contributed by atoms with Gasteiger partial charge in [-0.3, -0.25) is 9.59 Å². The minimum absolute atomic E-state index is 0.0703. The fourth-order valence-electron chi connectivity index (χ4n) is 4.75. The van der Waals surface area contributed by atoms with E-state index in [0.717, 1.165) is 54.6 Å². The maximum Gasteiger partial charge on any atom is 0.253 e. The Morgan fingerprint density at radius 2 is 1.87 bits per heavy atom. The number of likely N-dealkylation sites (tertiary alicyclic amines) is 1. The number of hydrogen-bond donors (Lipinski definition) is 1. The van der Waals surface area contributed by atoms with E-state index in [2.05, 4.69) is 23.2 Å². The summed E-state index contributed by atoms with van der Waals surface area (Å²) in [5.74, 6) is 1.04. The highest BCUT2D eigenvalue weighted by Crippen LogP contribution is 2.33. The van der Waals surface area contributed by atoms with Gasteiger partial charge in [0.1, 0.15) is 0 Å². The van der Waals surface area contributed by atoms with Gasteiger partial charge in [-0.05, 0) is 67.5 Å². The molecule has 2 amide bonds. The Kier molecular flexibility index (Phi) is 5.26. The van der Waals surface area contributed by atoms with Crippen molar-refractivity contribution in [2.45, 2.75) is 26.2 Å². The fourth-order valence-corrected chi connectivity index (χ4v) is 4.75. The Balaban J connectivity index is 1.26. The number of aromatic nitrogens is 1. The second kappa shape index (κ2) is 8.22. The SMILES string of the molecule is CCN(C[C@@H]1CCN(C(=O)C2CC2)C1)C(=O)c1ccc(-c2cccc3[nH]ccc23)cc1. The predicted octanol–water partition coefficient (Wildman–Crippen LogP) is 4.56. The van der Waals surface area contributed by atoms with Gasteiger partial charge in [0.05, 0.1) is 0 Å². The van der Waals surface area contributed by atoms with Crippen molar-refractivity contribution in [2.24, 2.45) is 11.8 Å². The highest BCUT2D eigenvalue weighted by molar-refractivity contribution is 5.97. The quantitative estimate of drug-likeness (QED) is 0.642. The average Bonchev–Trinajstić information content (AvgIpc) is 3.35. The second-order valence-corrected chi connectivity index (χ2v) is 8.88. The third-order valence-electron chi connectivity index (χ3n) is 6.71. The topological polar surface area (TPSA) is 56.4 Å². The summed E-state index contributed by atoms with van der Waals surface area (Å²) in [5, 5.41) is 1.18. The summed E-state index contributed by atoms with van der Waals surface area (Å²) in [7, 11) is 0. The van der Waals surface area contributed by atoms with Gasteiger partial charge in [0.2, 0.25) is 5.91 Å². The van der Waals surface area contributed by atoms with Gasteiger partial charge in [-0.15, -0.1) is 0 Å². The molecule has 1 saturated carbocycles. The lowest BCUT2D eigenvalue weighted by Gasteiger charge is -2.25. The van der Waals surface area contributed by atoms with Crippen LogP contribution < -0.4 is 0 Å². The molecule has 1 N–H and O–H groups in total. The summed E-state index contributed by atoms with van der Waals surface area (Å²) in [6, 6.07) is 16.3. The number of rotatable bonds is 6. The van der Waals surface area contributed by atoms with Crippen LogP contribution in [-0.2, 0) is 4.79 Å². The van der Waals surface area contributed by atoms with E-state index in [1.807, 2.05) is 53.3 Å². The van der Waals surface area contributed by atoms with E-state index in [-0.39, 0.29) is 11.8 Å². The van der Waals surface area contributed by atoms with Crippen LogP contribution in [0.5, 0.6) is 0 Å². The van der Waals surface area contributed by atoms with Crippen LogP contribution in [0.4, 0.5) is 0 Å². The zero-order chi connectivity index (χ0) is 21.4. The number of fused-ring (bicyclic) bond motifs is 1. The van der Waals surface area contributed by atoms with Gasteiger partial charge in [-0.1, -0.05) is 24.3 Å².